The van der Waals surface area contributed by atoms with Crippen molar-refractivity contribution in [3.63, 3.8) is 0 Å². The van der Waals surface area contributed by atoms with Crippen LogP contribution in [0.5, 0.6) is 5.88 Å². The molecular weight excluding hydrogens is 280 g/mol. The van der Waals surface area contributed by atoms with Gasteiger partial charge in [-0.05, 0) is 12.1 Å². The van der Waals surface area contributed by atoms with Gasteiger partial charge >= 0.3 is 0 Å². The molecule has 2 rings (SSSR count). The first-order valence-electron chi connectivity index (χ1n) is 6.03. The molecule has 1 heterocycles. The van der Waals surface area contributed by atoms with Crippen LogP contribution in [-0.4, -0.2) is 18.0 Å². The number of carbonyl (C=O) groups is 1. The normalized spacial score (nSPS) is 10.2. The van der Waals surface area contributed by atoms with Crippen molar-refractivity contribution in [1.82, 2.24) is 4.98 Å². The van der Waals surface area contributed by atoms with Gasteiger partial charge in [-0.1, -0.05) is 12.1 Å². The highest BCUT2D eigenvalue weighted by molar-refractivity contribution is 5.95. The van der Waals surface area contributed by atoms with Crippen molar-refractivity contribution in [2.24, 2.45) is 5.73 Å². The van der Waals surface area contributed by atoms with Gasteiger partial charge in [-0.2, -0.15) is 0 Å². The molecule has 0 radical (unpaired) electrons. The summed E-state index contributed by atoms with van der Waals surface area (Å²) in [5.74, 6) is -2.42. The number of aromatic nitrogens is 1. The van der Waals surface area contributed by atoms with Crippen LogP contribution < -0.4 is 15.8 Å². The van der Waals surface area contributed by atoms with E-state index in [4.69, 9.17) is 10.5 Å². The fourth-order valence-electron chi connectivity index (χ4n) is 1.77. The van der Waals surface area contributed by atoms with E-state index in [1.165, 1.54) is 31.5 Å². The van der Waals surface area contributed by atoms with Gasteiger partial charge in [0.25, 0.3) is 5.91 Å². The maximum Gasteiger partial charge on any atom is 0.254 e. The van der Waals surface area contributed by atoms with Crippen LogP contribution in [0.25, 0.3) is 0 Å². The summed E-state index contributed by atoms with van der Waals surface area (Å²) in [6.45, 7) is 0.0375. The summed E-state index contributed by atoms with van der Waals surface area (Å²) < 4.78 is 31.5. The quantitative estimate of drug-likeness (QED) is 0.884. The van der Waals surface area contributed by atoms with Crippen LogP contribution in [0.2, 0.25) is 0 Å². The van der Waals surface area contributed by atoms with Crippen molar-refractivity contribution in [2.45, 2.75) is 6.54 Å². The SMILES string of the molecule is COc1ncc(NCc2cccc(F)c2F)cc1C(N)=O. The zero-order valence-corrected chi connectivity index (χ0v) is 11.2. The predicted octanol–water partition coefficient (Wildman–Crippen LogP) is 2.08. The number of amides is 1. The second-order valence-electron chi connectivity index (χ2n) is 4.21. The molecule has 0 aliphatic rings. The number of carbonyl (C=O) groups excluding carboxylic acids is 1. The standard InChI is InChI=1S/C14H13F2N3O2/c1-21-14-10(13(17)20)5-9(7-19-14)18-6-8-3-2-4-11(15)12(8)16/h2-5,7,18H,6H2,1H3,(H2,17,20). The number of hydrogen-bond donors (Lipinski definition) is 2. The number of benzene rings is 1. The van der Waals surface area contributed by atoms with Crippen LogP contribution in [0.15, 0.2) is 30.5 Å². The lowest BCUT2D eigenvalue weighted by atomic mass is 10.2. The summed E-state index contributed by atoms with van der Waals surface area (Å²) in [4.78, 5) is 15.2. The first kappa shape index (κ1) is 14.7. The lowest BCUT2D eigenvalue weighted by Crippen LogP contribution is -2.14. The molecule has 0 unspecified atom stereocenters. The van der Waals surface area contributed by atoms with E-state index in [1.54, 1.807) is 0 Å². The molecule has 21 heavy (non-hydrogen) atoms. The maximum atomic E-state index is 13.5. The smallest absolute Gasteiger partial charge is 0.254 e. The summed E-state index contributed by atoms with van der Waals surface area (Å²) in [7, 11) is 1.37. The van der Waals surface area contributed by atoms with Crippen molar-refractivity contribution in [3.8, 4) is 5.88 Å². The van der Waals surface area contributed by atoms with Crippen LogP contribution in [0.3, 0.4) is 0 Å². The Hall–Kier alpha value is -2.70. The molecule has 0 bridgehead atoms. The number of ether oxygens (including phenoxy) is 1. The Labute approximate surface area is 119 Å². The molecule has 7 heteroatoms. The van der Waals surface area contributed by atoms with Crippen molar-refractivity contribution in [1.29, 1.82) is 0 Å². The highest BCUT2D eigenvalue weighted by Gasteiger charge is 2.12. The molecule has 1 amide bonds. The Bertz CT molecular complexity index is 677. The largest absolute Gasteiger partial charge is 0.480 e. The van der Waals surface area contributed by atoms with Gasteiger partial charge in [-0.3, -0.25) is 4.79 Å². The monoisotopic (exact) mass is 293 g/mol. The second kappa shape index (κ2) is 6.17. The summed E-state index contributed by atoms with van der Waals surface area (Å²) in [6.07, 6.45) is 1.41. The number of nitrogens with zero attached hydrogens (tertiary/aromatic N) is 1. The number of methoxy groups -OCH3 is 1. The van der Waals surface area contributed by atoms with E-state index in [9.17, 15) is 13.6 Å². The van der Waals surface area contributed by atoms with E-state index in [2.05, 4.69) is 10.3 Å². The fourth-order valence-corrected chi connectivity index (χ4v) is 1.77. The number of pyridine rings is 1. The zero-order chi connectivity index (χ0) is 15.4. The molecule has 0 saturated heterocycles. The highest BCUT2D eigenvalue weighted by Crippen LogP contribution is 2.20. The highest BCUT2D eigenvalue weighted by atomic mass is 19.2. The molecule has 0 aliphatic carbocycles. The molecule has 110 valence electrons. The fraction of sp³-hybridized carbons (Fsp3) is 0.143. The number of nitrogens with two attached hydrogens (primary N) is 1. The van der Waals surface area contributed by atoms with E-state index < -0.39 is 17.5 Å². The first-order valence-corrected chi connectivity index (χ1v) is 6.03. The molecule has 0 fully saturated rings. The average molecular weight is 293 g/mol. The molecule has 2 aromatic rings. The summed E-state index contributed by atoms with van der Waals surface area (Å²) >= 11 is 0. The molecule has 0 aliphatic heterocycles. The van der Waals surface area contributed by atoms with Crippen LogP contribution in [0.4, 0.5) is 14.5 Å². The Morgan fingerprint density at radius 3 is 2.86 bits per heavy atom. The third kappa shape index (κ3) is 3.25. The van der Waals surface area contributed by atoms with Gasteiger partial charge in [0.1, 0.15) is 5.56 Å². The minimum absolute atomic E-state index is 0.0375. The second-order valence-corrected chi connectivity index (χ2v) is 4.21. The van der Waals surface area contributed by atoms with E-state index in [-0.39, 0.29) is 23.6 Å². The van der Waals surface area contributed by atoms with Crippen molar-refractivity contribution >= 4 is 11.6 Å². The summed E-state index contributed by atoms with van der Waals surface area (Å²) in [6, 6.07) is 5.35. The molecule has 3 N–H and O–H groups in total. The lowest BCUT2D eigenvalue weighted by molar-refractivity contribution is 0.0996. The van der Waals surface area contributed by atoms with Crippen molar-refractivity contribution in [2.75, 3.05) is 12.4 Å². The molecule has 1 aromatic carbocycles. The molecule has 5 nitrogen and oxygen atoms in total. The maximum absolute atomic E-state index is 13.5. The Kier molecular flexibility index (Phi) is 4.32. The lowest BCUT2D eigenvalue weighted by Gasteiger charge is -2.10. The third-order valence-corrected chi connectivity index (χ3v) is 2.82. The van der Waals surface area contributed by atoms with Crippen LogP contribution >= 0.6 is 0 Å². The molecule has 0 atom stereocenters. The number of rotatable bonds is 5. The first-order chi connectivity index (χ1) is 10.0. The topological polar surface area (TPSA) is 77.2 Å². The Morgan fingerprint density at radius 2 is 2.19 bits per heavy atom. The van der Waals surface area contributed by atoms with Crippen LogP contribution in [0, 0.1) is 11.6 Å². The third-order valence-electron chi connectivity index (χ3n) is 2.82. The van der Waals surface area contributed by atoms with Crippen molar-refractivity contribution < 1.29 is 18.3 Å². The van der Waals surface area contributed by atoms with E-state index in [0.29, 0.717) is 5.69 Å². The van der Waals surface area contributed by atoms with Crippen LogP contribution in [-0.2, 0) is 6.54 Å². The predicted molar refractivity (Wildman–Crippen MR) is 73.0 cm³/mol. The van der Waals surface area contributed by atoms with Gasteiger partial charge in [-0.25, -0.2) is 13.8 Å². The van der Waals surface area contributed by atoms with Gasteiger partial charge in [0.2, 0.25) is 5.88 Å². The van der Waals surface area contributed by atoms with Gasteiger partial charge < -0.3 is 15.8 Å². The number of anilines is 1. The number of primary amides is 1. The Morgan fingerprint density at radius 1 is 1.43 bits per heavy atom. The van der Waals surface area contributed by atoms with Gasteiger partial charge in [0.05, 0.1) is 19.0 Å². The van der Waals surface area contributed by atoms with Crippen molar-refractivity contribution in [3.05, 3.63) is 53.2 Å². The van der Waals surface area contributed by atoms with Crippen LogP contribution in [0.1, 0.15) is 15.9 Å². The van der Waals surface area contributed by atoms with E-state index >= 15 is 0 Å². The molecule has 1 aromatic heterocycles. The Balaban J connectivity index is 2.19. The number of nitrogens with one attached hydrogen (secondary N) is 1. The number of hydrogen-bond acceptors (Lipinski definition) is 4. The van der Waals surface area contributed by atoms with Gasteiger partial charge in [-0.15, -0.1) is 0 Å². The average Bonchev–Trinajstić information content (AvgIpc) is 2.48. The van der Waals surface area contributed by atoms with Gasteiger partial charge in [0.15, 0.2) is 11.6 Å². The minimum Gasteiger partial charge on any atom is -0.480 e. The minimum atomic E-state index is -0.917. The van der Waals surface area contributed by atoms with Gasteiger partial charge in [0, 0.05) is 12.1 Å². The summed E-state index contributed by atoms with van der Waals surface area (Å²) in [5.41, 5.74) is 5.91. The molecule has 0 saturated carbocycles. The molecular formula is C14H13F2N3O2. The van der Waals surface area contributed by atoms with E-state index in [0.717, 1.165) is 6.07 Å². The summed E-state index contributed by atoms with van der Waals surface area (Å²) in [5, 5.41) is 2.84. The number of halogens is 2. The van der Waals surface area contributed by atoms with E-state index in [1.807, 2.05) is 0 Å². The molecule has 0 spiro atoms. The zero-order valence-electron chi connectivity index (χ0n) is 11.2.